The van der Waals surface area contributed by atoms with E-state index in [0.29, 0.717) is 24.3 Å². The molecule has 0 aliphatic heterocycles. The van der Waals surface area contributed by atoms with E-state index in [2.05, 4.69) is 26.1 Å². The zero-order valence-corrected chi connectivity index (χ0v) is 10.4. The fourth-order valence-electron chi connectivity index (χ4n) is 2.23. The van der Waals surface area contributed by atoms with Gasteiger partial charge in [-0.05, 0) is 31.1 Å². The predicted octanol–water partition coefficient (Wildman–Crippen LogP) is 3.12. The van der Waals surface area contributed by atoms with Crippen molar-refractivity contribution in [2.45, 2.75) is 65.3 Å². The molecule has 1 aliphatic carbocycles. The molecular weight excluding hydrogens is 186 g/mol. The Morgan fingerprint density at radius 1 is 1.33 bits per heavy atom. The summed E-state index contributed by atoms with van der Waals surface area (Å²) < 4.78 is 0. The highest BCUT2D eigenvalue weighted by atomic mass is 16.1. The van der Waals surface area contributed by atoms with Crippen molar-refractivity contribution >= 4 is 5.91 Å². The number of amides is 1. The molecule has 2 atom stereocenters. The van der Waals surface area contributed by atoms with Gasteiger partial charge >= 0.3 is 0 Å². The Hall–Kier alpha value is -0.530. The van der Waals surface area contributed by atoms with Gasteiger partial charge in [-0.1, -0.05) is 33.6 Å². The lowest BCUT2D eigenvalue weighted by Gasteiger charge is -2.29. The summed E-state index contributed by atoms with van der Waals surface area (Å²) in [4.78, 5) is 11.7. The van der Waals surface area contributed by atoms with Gasteiger partial charge in [0.2, 0.25) is 5.91 Å². The van der Waals surface area contributed by atoms with E-state index in [4.69, 9.17) is 0 Å². The lowest BCUT2D eigenvalue weighted by molar-refractivity contribution is -0.122. The molecule has 0 saturated heterocycles. The molecule has 1 N–H and O–H groups in total. The van der Waals surface area contributed by atoms with Gasteiger partial charge in [0.1, 0.15) is 0 Å². The fraction of sp³-hybridized carbons (Fsp3) is 0.923. The van der Waals surface area contributed by atoms with Gasteiger partial charge in [0.25, 0.3) is 0 Å². The summed E-state index contributed by atoms with van der Waals surface area (Å²) in [6.07, 6.45) is 6.76. The summed E-state index contributed by atoms with van der Waals surface area (Å²) in [5.41, 5.74) is 0. The number of hydrogen-bond acceptors (Lipinski definition) is 1. The number of carbonyl (C=O) groups is 1. The Labute approximate surface area is 93.8 Å². The molecule has 0 radical (unpaired) electrons. The van der Waals surface area contributed by atoms with E-state index >= 15 is 0 Å². The maximum atomic E-state index is 11.7. The first kappa shape index (κ1) is 12.5. The van der Waals surface area contributed by atoms with Crippen LogP contribution in [0.2, 0.25) is 0 Å². The van der Waals surface area contributed by atoms with Crippen LogP contribution in [0.1, 0.15) is 59.3 Å². The smallest absolute Gasteiger partial charge is 0.220 e. The van der Waals surface area contributed by atoms with Gasteiger partial charge in [-0.3, -0.25) is 4.79 Å². The molecular formula is C13H25NO. The molecule has 0 spiro atoms. The first-order valence-electron chi connectivity index (χ1n) is 6.39. The molecule has 0 aromatic carbocycles. The molecule has 0 aromatic rings. The van der Waals surface area contributed by atoms with Crippen LogP contribution in [0.5, 0.6) is 0 Å². The van der Waals surface area contributed by atoms with E-state index in [0.717, 1.165) is 6.42 Å². The average molecular weight is 211 g/mol. The molecule has 1 amide bonds. The maximum Gasteiger partial charge on any atom is 0.220 e. The van der Waals surface area contributed by atoms with Gasteiger partial charge in [-0.2, -0.15) is 0 Å². The Kier molecular flexibility index (Phi) is 5.13. The minimum absolute atomic E-state index is 0.252. The van der Waals surface area contributed by atoms with Crippen molar-refractivity contribution in [1.82, 2.24) is 5.32 Å². The second kappa shape index (κ2) is 6.14. The summed E-state index contributed by atoms with van der Waals surface area (Å²) in [6, 6.07) is 0.443. The van der Waals surface area contributed by atoms with Crippen molar-refractivity contribution in [3.8, 4) is 0 Å². The summed E-state index contributed by atoms with van der Waals surface area (Å²) in [7, 11) is 0. The predicted molar refractivity (Wildman–Crippen MR) is 63.6 cm³/mol. The van der Waals surface area contributed by atoms with E-state index in [1.54, 1.807) is 0 Å². The topological polar surface area (TPSA) is 29.1 Å². The van der Waals surface area contributed by atoms with E-state index < -0.39 is 0 Å². The molecule has 1 aliphatic rings. The number of hydrogen-bond donors (Lipinski definition) is 1. The van der Waals surface area contributed by atoms with Crippen LogP contribution in [0.4, 0.5) is 0 Å². The van der Waals surface area contributed by atoms with Gasteiger partial charge < -0.3 is 5.32 Å². The molecule has 0 aromatic heterocycles. The lowest BCUT2D eigenvalue weighted by atomic mass is 9.86. The molecule has 0 heterocycles. The first-order valence-corrected chi connectivity index (χ1v) is 6.39. The van der Waals surface area contributed by atoms with Gasteiger partial charge in [0, 0.05) is 12.5 Å². The first-order chi connectivity index (χ1) is 7.09. The van der Waals surface area contributed by atoms with E-state index in [1.807, 2.05) is 0 Å². The molecule has 1 rings (SSSR count). The van der Waals surface area contributed by atoms with Crippen LogP contribution in [-0.4, -0.2) is 11.9 Å². The van der Waals surface area contributed by atoms with E-state index in [1.165, 1.54) is 25.7 Å². The van der Waals surface area contributed by atoms with Crippen LogP contribution in [0, 0.1) is 11.8 Å². The second-order valence-electron chi connectivity index (χ2n) is 5.37. The van der Waals surface area contributed by atoms with Crippen molar-refractivity contribution in [1.29, 1.82) is 0 Å². The summed E-state index contributed by atoms with van der Waals surface area (Å²) in [5.74, 6) is 1.55. The van der Waals surface area contributed by atoms with Crippen LogP contribution in [0.3, 0.4) is 0 Å². The van der Waals surface area contributed by atoms with Crippen LogP contribution >= 0.6 is 0 Å². The Bertz CT molecular complexity index is 201. The molecule has 0 bridgehead atoms. The third-order valence-corrected chi connectivity index (χ3v) is 3.41. The summed E-state index contributed by atoms with van der Waals surface area (Å²) >= 11 is 0. The largest absolute Gasteiger partial charge is 0.353 e. The van der Waals surface area contributed by atoms with Gasteiger partial charge in [0.15, 0.2) is 0 Å². The Morgan fingerprint density at radius 3 is 2.60 bits per heavy atom. The summed E-state index contributed by atoms with van der Waals surface area (Å²) in [5, 5.41) is 3.19. The van der Waals surface area contributed by atoms with E-state index in [9.17, 15) is 4.79 Å². The molecule has 1 fully saturated rings. The number of carbonyl (C=O) groups excluding carboxylic acids is 1. The van der Waals surface area contributed by atoms with Crippen molar-refractivity contribution in [3.05, 3.63) is 0 Å². The molecule has 2 heteroatoms. The minimum atomic E-state index is 0.252. The fourth-order valence-corrected chi connectivity index (χ4v) is 2.23. The third-order valence-electron chi connectivity index (χ3n) is 3.41. The number of rotatable bonds is 4. The minimum Gasteiger partial charge on any atom is -0.353 e. The molecule has 2 unspecified atom stereocenters. The van der Waals surface area contributed by atoms with Crippen LogP contribution in [0.25, 0.3) is 0 Å². The molecule has 2 nitrogen and oxygen atoms in total. The van der Waals surface area contributed by atoms with Gasteiger partial charge in [-0.25, -0.2) is 0 Å². The van der Waals surface area contributed by atoms with Crippen molar-refractivity contribution in [2.24, 2.45) is 11.8 Å². The SMILES string of the molecule is CC(C)CCC(=O)NC1CCCCC1C. The third kappa shape index (κ3) is 4.67. The highest BCUT2D eigenvalue weighted by Crippen LogP contribution is 2.23. The van der Waals surface area contributed by atoms with E-state index in [-0.39, 0.29) is 5.91 Å². The quantitative estimate of drug-likeness (QED) is 0.760. The zero-order chi connectivity index (χ0) is 11.3. The van der Waals surface area contributed by atoms with Gasteiger partial charge in [-0.15, -0.1) is 0 Å². The second-order valence-corrected chi connectivity index (χ2v) is 5.37. The Balaban J connectivity index is 2.24. The maximum absolute atomic E-state index is 11.7. The lowest BCUT2D eigenvalue weighted by Crippen LogP contribution is -2.41. The normalized spacial score (nSPS) is 26.7. The average Bonchev–Trinajstić information content (AvgIpc) is 2.18. The molecule has 1 saturated carbocycles. The van der Waals surface area contributed by atoms with Crippen LogP contribution < -0.4 is 5.32 Å². The van der Waals surface area contributed by atoms with Crippen molar-refractivity contribution in [2.75, 3.05) is 0 Å². The molecule has 15 heavy (non-hydrogen) atoms. The van der Waals surface area contributed by atoms with Crippen LogP contribution in [-0.2, 0) is 4.79 Å². The van der Waals surface area contributed by atoms with Gasteiger partial charge in [0.05, 0.1) is 0 Å². The molecule has 88 valence electrons. The highest BCUT2D eigenvalue weighted by Gasteiger charge is 2.22. The zero-order valence-electron chi connectivity index (χ0n) is 10.4. The number of nitrogens with one attached hydrogen (secondary N) is 1. The summed E-state index contributed by atoms with van der Waals surface area (Å²) in [6.45, 7) is 6.58. The standard InChI is InChI=1S/C13H25NO/c1-10(2)8-9-13(15)14-12-7-5-4-6-11(12)3/h10-12H,4-9H2,1-3H3,(H,14,15). The monoisotopic (exact) mass is 211 g/mol. The van der Waals surface area contributed by atoms with Crippen molar-refractivity contribution < 1.29 is 4.79 Å². The van der Waals surface area contributed by atoms with Crippen molar-refractivity contribution in [3.63, 3.8) is 0 Å². The highest BCUT2D eigenvalue weighted by molar-refractivity contribution is 5.76. The van der Waals surface area contributed by atoms with Crippen LogP contribution in [0.15, 0.2) is 0 Å². The Morgan fingerprint density at radius 2 is 2.00 bits per heavy atom.